The van der Waals surface area contributed by atoms with Crippen molar-refractivity contribution in [2.45, 2.75) is 25.0 Å². The maximum atomic E-state index is 12.2. The lowest BCUT2D eigenvalue weighted by molar-refractivity contribution is -0.149. The SMILES string of the molecule is O=C(O)C(O)C1CCCN1C(=O)c1ccc(O)cc1. The number of carbonyl (C=O) groups is 2. The fraction of sp³-hybridized carbons (Fsp3) is 0.385. The molecule has 1 fully saturated rings. The third-order valence-corrected chi connectivity index (χ3v) is 3.29. The molecule has 0 bridgehead atoms. The van der Waals surface area contributed by atoms with Gasteiger partial charge in [0.15, 0.2) is 6.10 Å². The van der Waals surface area contributed by atoms with Gasteiger partial charge < -0.3 is 20.2 Å². The van der Waals surface area contributed by atoms with Gasteiger partial charge in [0, 0.05) is 12.1 Å². The number of aliphatic hydroxyl groups excluding tert-OH is 1. The van der Waals surface area contributed by atoms with Crippen molar-refractivity contribution in [2.24, 2.45) is 0 Å². The molecule has 2 unspecified atom stereocenters. The molecule has 1 aromatic rings. The molecule has 0 aromatic heterocycles. The summed E-state index contributed by atoms with van der Waals surface area (Å²) < 4.78 is 0. The molecule has 102 valence electrons. The average molecular weight is 265 g/mol. The van der Waals surface area contributed by atoms with Crippen LogP contribution >= 0.6 is 0 Å². The van der Waals surface area contributed by atoms with Crippen molar-refractivity contribution in [3.8, 4) is 5.75 Å². The zero-order chi connectivity index (χ0) is 14.0. The summed E-state index contributed by atoms with van der Waals surface area (Å²) in [5.41, 5.74) is 0.363. The van der Waals surface area contributed by atoms with Crippen molar-refractivity contribution in [1.82, 2.24) is 4.90 Å². The molecule has 19 heavy (non-hydrogen) atoms. The Morgan fingerprint density at radius 2 is 1.89 bits per heavy atom. The normalized spacial score (nSPS) is 20.3. The maximum absolute atomic E-state index is 12.2. The fourth-order valence-electron chi connectivity index (χ4n) is 2.31. The lowest BCUT2D eigenvalue weighted by atomic mass is 10.1. The molecule has 3 N–H and O–H groups in total. The Bertz CT molecular complexity index is 484. The molecule has 0 saturated carbocycles. The number of benzene rings is 1. The van der Waals surface area contributed by atoms with Crippen LogP contribution in [0, 0.1) is 0 Å². The molecule has 1 aromatic carbocycles. The molecule has 2 atom stereocenters. The van der Waals surface area contributed by atoms with E-state index in [1.54, 1.807) is 0 Å². The molecule has 1 saturated heterocycles. The maximum Gasteiger partial charge on any atom is 0.334 e. The van der Waals surface area contributed by atoms with Crippen molar-refractivity contribution in [2.75, 3.05) is 6.54 Å². The van der Waals surface area contributed by atoms with Crippen molar-refractivity contribution >= 4 is 11.9 Å². The van der Waals surface area contributed by atoms with E-state index in [0.29, 0.717) is 24.9 Å². The second-order valence-electron chi connectivity index (χ2n) is 4.54. The summed E-state index contributed by atoms with van der Waals surface area (Å²) in [6.07, 6.45) is -0.431. The van der Waals surface area contributed by atoms with Crippen LogP contribution in [0.25, 0.3) is 0 Å². The van der Waals surface area contributed by atoms with E-state index in [0.717, 1.165) is 0 Å². The number of likely N-dealkylation sites (tertiary alicyclic amines) is 1. The van der Waals surface area contributed by atoms with Gasteiger partial charge >= 0.3 is 5.97 Å². The monoisotopic (exact) mass is 265 g/mol. The van der Waals surface area contributed by atoms with Crippen molar-refractivity contribution < 1.29 is 24.9 Å². The molecule has 1 amide bonds. The molecular formula is C13H15NO5. The van der Waals surface area contributed by atoms with E-state index in [4.69, 9.17) is 5.11 Å². The van der Waals surface area contributed by atoms with Gasteiger partial charge in [-0.1, -0.05) is 0 Å². The van der Waals surface area contributed by atoms with Crippen LogP contribution in [-0.4, -0.2) is 50.8 Å². The summed E-state index contributed by atoms with van der Waals surface area (Å²) in [4.78, 5) is 24.4. The summed E-state index contributed by atoms with van der Waals surface area (Å²) in [6.45, 7) is 0.425. The van der Waals surface area contributed by atoms with Crippen molar-refractivity contribution in [3.05, 3.63) is 29.8 Å². The van der Waals surface area contributed by atoms with Gasteiger partial charge in [0.25, 0.3) is 5.91 Å². The number of hydrogen-bond acceptors (Lipinski definition) is 4. The predicted molar refractivity (Wildman–Crippen MR) is 65.8 cm³/mol. The minimum absolute atomic E-state index is 0.0556. The molecule has 1 aliphatic heterocycles. The number of carboxylic acids is 1. The second-order valence-corrected chi connectivity index (χ2v) is 4.54. The highest BCUT2D eigenvalue weighted by Crippen LogP contribution is 2.23. The predicted octanol–water partition coefficient (Wildman–Crippen LogP) is 0.442. The van der Waals surface area contributed by atoms with Crippen LogP contribution < -0.4 is 0 Å². The molecule has 2 rings (SSSR count). The number of phenols is 1. The van der Waals surface area contributed by atoms with Crippen molar-refractivity contribution in [1.29, 1.82) is 0 Å². The van der Waals surface area contributed by atoms with E-state index in [2.05, 4.69) is 0 Å². The quantitative estimate of drug-likeness (QED) is 0.736. The molecule has 0 aliphatic carbocycles. The summed E-state index contributed by atoms with van der Waals surface area (Å²) in [6, 6.07) is 5.04. The number of phenolic OH excluding ortho intramolecular Hbond substituents is 1. The van der Waals surface area contributed by atoms with Gasteiger partial charge in [-0.2, -0.15) is 0 Å². The Balaban J connectivity index is 2.18. The molecule has 1 aliphatic rings. The van der Waals surface area contributed by atoms with Crippen LogP contribution in [0.4, 0.5) is 0 Å². The molecule has 0 spiro atoms. The first-order valence-corrected chi connectivity index (χ1v) is 6.01. The fourth-order valence-corrected chi connectivity index (χ4v) is 2.31. The van der Waals surface area contributed by atoms with Gasteiger partial charge in [-0.15, -0.1) is 0 Å². The number of carbonyl (C=O) groups excluding carboxylic acids is 1. The Kier molecular flexibility index (Phi) is 3.71. The number of aliphatic carboxylic acids is 1. The molecular weight excluding hydrogens is 250 g/mol. The molecule has 6 heteroatoms. The van der Waals surface area contributed by atoms with E-state index < -0.39 is 18.1 Å². The first kappa shape index (κ1) is 13.4. The Morgan fingerprint density at radius 3 is 2.47 bits per heavy atom. The topological polar surface area (TPSA) is 98.1 Å². The zero-order valence-corrected chi connectivity index (χ0v) is 10.2. The van der Waals surface area contributed by atoms with Gasteiger partial charge in [0.2, 0.25) is 0 Å². The Labute approximate surface area is 109 Å². The van der Waals surface area contributed by atoms with Crippen LogP contribution in [0.3, 0.4) is 0 Å². The first-order chi connectivity index (χ1) is 9.00. The summed E-state index contributed by atoms with van der Waals surface area (Å²) in [7, 11) is 0. The number of carboxylic acid groups (broad SMARTS) is 1. The van der Waals surface area contributed by atoms with E-state index in [1.807, 2.05) is 0 Å². The van der Waals surface area contributed by atoms with Gasteiger partial charge in [0.05, 0.1) is 6.04 Å². The lowest BCUT2D eigenvalue weighted by Crippen LogP contribution is -2.46. The van der Waals surface area contributed by atoms with Gasteiger partial charge in [0.1, 0.15) is 5.75 Å². The van der Waals surface area contributed by atoms with E-state index >= 15 is 0 Å². The summed E-state index contributed by atoms with van der Waals surface area (Å²) in [5.74, 6) is -1.60. The number of aromatic hydroxyl groups is 1. The largest absolute Gasteiger partial charge is 0.508 e. The van der Waals surface area contributed by atoms with E-state index in [9.17, 15) is 19.8 Å². The molecule has 0 radical (unpaired) electrons. The van der Waals surface area contributed by atoms with Crippen LogP contribution in [0.5, 0.6) is 5.75 Å². The Morgan fingerprint density at radius 1 is 1.26 bits per heavy atom. The standard InChI is InChI=1S/C13H15NO5/c15-9-5-3-8(4-6-9)12(17)14-7-1-2-10(14)11(16)13(18)19/h3-6,10-11,15-16H,1-2,7H2,(H,18,19). The average Bonchev–Trinajstić information content (AvgIpc) is 2.86. The first-order valence-electron chi connectivity index (χ1n) is 6.01. The van der Waals surface area contributed by atoms with Crippen LogP contribution in [0.1, 0.15) is 23.2 Å². The van der Waals surface area contributed by atoms with Gasteiger partial charge in [-0.25, -0.2) is 4.79 Å². The summed E-state index contributed by atoms with van der Waals surface area (Å²) in [5, 5.41) is 27.6. The second kappa shape index (κ2) is 5.27. The van der Waals surface area contributed by atoms with Crippen molar-refractivity contribution in [3.63, 3.8) is 0 Å². The third-order valence-electron chi connectivity index (χ3n) is 3.29. The minimum Gasteiger partial charge on any atom is -0.508 e. The highest BCUT2D eigenvalue weighted by Gasteiger charge is 2.37. The highest BCUT2D eigenvalue weighted by atomic mass is 16.4. The molecule has 6 nitrogen and oxygen atoms in total. The van der Waals surface area contributed by atoms with Crippen LogP contribution in [0.15, 0.2) is 24.3 Å². The van der Waals surface area contributed by atoms with Gasteiger partial charge in [-0.05, 0) is 37.1 Å². The Hall–Kier alpha value is -2.08. The molecule has 1 heterocycles. The third kappa shape index (κ3) is 2.68. The number of rotatable bonds is 3. The highest BCUT2D eigenvalue weighted by molar-refractivity contribution is 5.95. The van der Waals surface area contributed by atoms with Crippen LogP contribution in [-0.2, 0) is 4.79 Å². The smallest absolute Gasteiger partial charge is 0.334 e. The number of nitrogens with zero attached hydrogens (tertiary/aromatic N) is 1. The minimum atomic E-state index is -1.57. The summed E-state index contributed by atoms with van der Waals surface area (Å²) >= 11 is 0. The lowest BCUT2D eigenvalue weighted by Gasteiger charge is -2.26. The number of amides is 1. The van der Waals surface area contributed by atoms with E-state index in [1.165, 1.54) is 29.2 Å². The van der Waals surface area contributed by atoms with Gasteiger partial charge in [-0.3, -0.25) is 4.79 Å². The van der Waals surface area contributed by atoms with E-state index in [-0.39, 0.29) is 11.7 Å². The van der Waals surface area contributed by atoms with Crippen LogP contribution in [0.2, 0.25) is 0 Å². The number of hydrogen-bond donors (Lipinski definition) is 3. The zero-order valence-electron chi connectivity index (χ0n) is 10.2. The number of aliphatic hydroxyl groups is 1.